The molecule has 2 rings (SSSR count). The van der Waals surface area contributed by atoms with Crippen molar-refractivity contribution in [3.63, 3.8) is 0 Å². The molecule has 0 fully saturated rings. The number of non-ortho nitro benzene ring substituents is 1. The molecule has 0 unspecified atom stereocenters. The molecular formula is C17H17ClN2O3S. The molecule has 5 nitrogen and oxygen atoms in total. The second-order valence-corrected chi connectivity index (χ2v) is 6.68. The highest BCUT2D eigenvalue weighted by molar-refractivity contribution is 7.99. The van der Waals surface area contributed by atoms with E-state index in [1.807, 2.05) is 19.1 Å². The summed E-state index contributed by atoms with van der Waals surface area (Å²) in [6.45, 7) is 1.92. The van der Waals surface area contributed by atoms with Gasteiger partial charge in [-0.2, -0.15) is 0 Å². The summed E-state index contributed by atoms with van der Waals surface area (Å²) in [5.41, 5.74) is 2.01. The Bertz CT molecular complexity index is 705. The molecule has 1 N–H and O–H groups in total. The van der Waals surface area contributed by atoms with E-state index in [-0.39, 0.29) is 17.6 Å². The van der Waals surface area contributed by atoms with Crippen LogP contribution in [0.15, 0.2) is 48.5 Å². The van der Waals surface area contributed by atoms with Crippen LogP contribution in [0.25, 0.3) is 0 Å². The van der Waals surface area contributed by atoms with Crippen LogP contribution >= 0.6 is 23.4 Å². The van der Waals surface area contributed by atoms with Gasteiger partial charge in [-0.05, 0) is 30.2 Å². The van der Waals surface area contributed by atoms with E-state index in [9.17, 15) is 14.9 Å². The third-order valence-corrected chi connectivity index (χ3v) is 4.65. The normalized spacial score (nSPS) is 11.8. The summed E-state index contributed by atoms with van der Waals surface area (Å²) in [6.07, 6.45) is 0. The SMILES string of the molecule is C[C@H](NC(=O)CSCc1ccc([N+](=O)[O-])cc1)c1ccc(Cl)cc1. The lowest BCUT2D eigenvalue weighted by Gasteiger charge is -2.14. The number of carbonyl (C=O) groups excluding carboxylic acids is 1. The van der Waals surface area contributed by atoms with Crippen LogP contribution in [-0.4, -0.2) is 16.6 Å². The first kappa shape index (κ1) is 18.3. The van der Waals surface area contributed by atoms with Crippen LogP contribution in [0.1, 0.15) is 24.1 Å². The van der Waals surface area contributed by atoms with E-state index < -0.39 is 4.92 Å². The number of benzene rings is 2. The van der Waals surface area contributed by atoms with Gasteiger partial charge in [-0.15, -0.1) is 11.8 Å². The largest absolute Gasteiger partial charge is 0.349 e. The van der Waals surface area contributed by atoms with Crippen molar-refractivity contribution in [2.24, 2.45) is 0 Å². The average Bonchev–Trinajstić information content (AvgIpc) is 2.55. The van der Waals surface area contributed by atoms with Crippen LogP contribution in [0.5, 0.6) is 0 Å². The van der Waals surface area contributed by atoms with Crippen LogP contribution in [0, 0.1) is 10.1 Å². The maximum Gasteiger partial charge on any atom is 0.269 e. The van der Waals surface area contributed by atoms with Gasteiger partial charge in [0.2, 0.25) is 5.91 Å². The topological polar surface area (TPSA) is 72.2 Å². The fourth-order valence-electron chi connectivity index (χ4n) is 2.09. The molecule has 0 radical (unpaired) electrons. The minimum absolute atomic E-state index is 0.0515. The van der Waals surface area contributed by atoms with Crippen molar-refractivity contribution in [1.29, 1.82) is 0 Å². The third kappa shape index (κ3) is 5.54. The maximum atomic E-state index is 12.0. The molecule has 0 aliphatic heterocycles. The summed E-state index contributed by atoms with van der Waals surface area (Å²) in [5, 5.41) is 14.2. The van der Waals surface area contributed by atoms with Crippen molar-refractivity contribution < 1.29 is 9.72 Å². The first-order valence-electron chi connectivity index (χ1n) is 7.31. The quantitative estimate of drug-likeness (QED) is 0.585. The van der Waals surface area contributed by atoms with E-state index in [0.717, 1.165) is 11.1 Å². The fourth-order valence-corrected chi connectivity index (χ4v) is 3.02. The van der Waals surface area contributed by atoms with Gasteiger partial charge in [0.25, 0.3) is 5.69 Å². The molecule has 0 bridgehead atoms. The molecule has 24 heavy (non-hydrogen) atoms. The third-order valence-electron chi connectivity index (χ3n) is 3.40. The molecule has 0 aliphatic carbocycles. The van der Waals surface area contributed by atoms with Crippen molar-refractivity contribution >= 4 is 35.0 Å². The number of thioether (sulfide) groups is 1. The predicted molar refractivity (Wildman–Crippen MR) is 97.3 cm³/mol. The molecule has 7 heteroatoms. The Hall–Kier alpha value is -2.05. The minimum Gasteiger partial charge on any atom is -0.349 e. The van der Waals surface area contributed by atoms with E-state index >= 15 is 0 Å². The Balaban J connectivity index is 1.76. The molecule has 1 amide bonds. The highest BCUT2D eigenvalue weighted by atomic mass is 35.5. The molecule has 2 aromatic rings. The zero-order valence-electron chi connectivity index (χ0n) is 13.1. The van der Waals surface area contributed by atoms with E-state index in [2.05, 4.69) is 5.32 Å². The van der Waals surface area contributed by atoms with E-state index in [1.165, 1.54) is 23.9 Å². The minimum atomic E-state index is -0.428. The Kier molecular flexibility index (Phi) is 6.63. The first-order chi connectivity index (χ1) is 11.5. The number of nitrogens with zero attached hydrogens (tertiary/aromatic N) is 1. The highest BCUT2D eigenvalue weighted by Crippen LogP contribution is 2.18. The van der Waals surface area contributed by atoms with Crippen molar-refractivity contribution in [2.75, 3.05) is 5.75 Å². The van der Waals surface area contributed by atoms with Crippen LogP contribution in [0.3, 0.4) is 0 Å². The highest BCUT2D eigenvalue weighted by Gasteiger charge is 2.10. The first-order valence-corrected chi connectivity index (χ1v) is 8.85. The molecule has 0 aromatic heterocycles. The lowest BCUT2D eigenvalue weighted by molar-refractivity contribution is -0.384. The molecule has 0 saturated heterocycles. The number of amides is 1. The second kappa shape index (κ2) is 8.70. The van der Waals surface area contributed by atoms with Gasteiger partial charge in [0, 0.05) is 22.9 Å². The lowest BCUT2D eigenvalue weighted by Crippen LogP contribution is -2.28. The predicted octanol–water partition coefficient (Wildman–Crippen LogP) is 4.36. The molecule has 0 heterocycles. The summed E-state index contributed by atoms with van der Waals surface area (Å²) in [5.74, 6) is 0.903. The van der Waals surface area contributed by atoms with E-state index in [4.69, 9.17) is 11.6 Å². The van der Waals surface area contributed by atoms with Crippen molar-refractivity contribution in [1.82, 2.24) is 5.32 Å². The maximum absolute atomic E-state index is 12.0. The zero-order valence-corrected chi connectivity index (χ0v) is 14.6. The Morgan fingerprint density at radius 3 is 2.42 bits per heavy atom. The van der Waals surface area contributed by atoms with Gasteiger partial charge >= 0.3 is 0 Å². The van der Waals surface area contributed by atoms with Gasteiger partial charge in [-0.25, -0.2) is 0 Å². The number of carbonyl (C=O) groups is 1. The molecule has 2 aromatic carbocycles. The summed E-state index contributed by atoms with van der Waals surface area (Å²) in [6, 6.07) is 13.6. The second-order valence-electron chi connectivity index (χ2n) is 5.26. The number of nitro benzene ring substituents is 1. The monoisotopic (exact) mass is 364 g/mol. The number of halogens is 1. The van der Waals surface area contributed by atoms with Crippen LogP contribution in [-0.2, 0) is 10.5 Å². The van der Waals surface area contributed by atoms with Crippen LogP contribution in [0.2, 0.25) is 5.02 Å². The van der Waals surface area contributed by atoms with Gasteiger partial charge < -0.3 is 5.32 Å². The van der Waals surface area contributed by atoms with Crippen LogP contribution < -0.4 is 5.32 Å². The molecule has 0 spiro atoms. The Morgan fingerprint density at radius 1 is 1.21 bits per heavy atom. The van der Waals surface area contributed by atoms with Gasteiger partial charge in [0.05, 0.1) is 16.7 Å². The number of hydrogen-bond donors (Lipinski definition) is 1. The van der Waals surface area contributed by atoms with Crippen molar-refractivity contribution in [3.8, 4) is 0 Å². The fraction of sp³-hybridized carbons (Fsp3) is 0.235. The number of nitrogens with one attached hydrogen (secondary N) is 1. The van der Waals surface area contributed by atoms with E-state index in [0.29, 0.717) is 16.5 Å². The van der Waals surface area contributed by atoms with Crippen LogP contribution in [0.4, 0.5) is 5.69 Å². The van der Waals surface area contributed by atoms with Gasteiger partial charge in [0.15, 0.2) is 0 Å². The Morgan fingerprint density at radius 2 is 1.83 bits per heavy atom. The summed E-state index contributed by atoms with van der Waals surface area (Å²) in [7, 11) is 0. The molecule has 1 atom stereocenters. The number of rotatable bonds is 7. The number of hydrogen-bond acceptors (Lipinski definition) is 4. The summed E-state index contributed by atoms with van der Waals surface area (Å²) >= 11 is 7.31. The summed E-state index contributed by atoms with van der Waals surface area (Å²) in [4.78, 5) is 22.1. The lowest BCUT2D eigenvalue weighted by atomic mass is 10.1. The molecule has 126 valence electrons. The smallest absolute Gasteiger partial charge is 0.269 e. The van der Waals surface area contributed by atoms with Crippen molar-refractivity contribution in [3.05, 3.63) is 74.8 Å². The molecule has 0 aliphatic rings. The van der Waals surface area contributed by atoms with Gasteiger partial charge in [-0.1, -0.05) is 35.9 Å². The average molecular weight is 365 g/mol. The number of nitro groups is 1. The molecule has 0 saturated carbocycles. The van der Waals surface area contributed by atoms with Gasteiger partial charge in [-0.3, -0.25) is 14.9 Å². The van der Waals surface area contributed by atoms with E-state index in [1.54, 1.807) is 24.3 Å². The standard InChI is InChI=1S/C17H17ClN2O3S/c1-12(14-4-6-15(18)7-5-14)19-17(21)11-24-10-13-2-8-16(9-3-13)20(22)23/h2-9,12H,10-11H2,1H3,(H,19,21)/t12-/m0/s1. The van der Waals surface area contributed by atoms with Crippen molar-refractivity contribution in [2.45, 2.75) is 18.7 Å². The Labute approximate surface area is 149 Å². The van der Waals surface area contributed by atoms with Gasteiger partial charge in [0.1, 0.15) is 0 Å². The molecular weight excluding hydrogens is 348 g/mol. The zero-order chi connectivity index (χ0) is 17.5. The summed E-state index contributed by atoms with van der Waals surface area (Å²) < 4.78 is 0.